The molecule has 0 bridgehead atoms. The molecular weight excluding hydrogens is 279 g/mol. The molecule has 6 heteroatoms. The molecule has 0 atom stereocenters. The summed E-state index contributed by atoms with van der Waals surface area (Å²) in [6.07, 6.45) is -2.53. The van der Waals surface area contributed by atoms with Gasteiger partial charge in [0.1, 0.15) is 0 Å². The molecule has 1 aromatic heterocycles. The van der Waals surface area contributed by atoms with E-state index in [0.29, 0.717) is 11.7 Å². The SMILES string of the molecule is Cc1cc(-n2cc(C(F)(F)F)cn2)ccc1CNC(C)C. The number of nitrogens with zero attached hydrogens (tertiary/aromatic N) is 2. The fourth-order valence-electron chi connectivity index (χ4n) is 1.95. The molecule has 2 rings (SSSR count). The zero-order valence-electron chi connectivity index (χ0n) is 12.2. The van der Waals surface area contributed by atoms with Gasteiger partial charge < -0.3 is 5.32 Å². The Bertz CT molecular complexity index is 615. The number of rotatable bonds is 4. The molecule has 0 amide bonds. The predicted octanol–water partition coefficient (Wildman–Crippen LogP) is 3.70. The van der Waals surface area contributed by atoms with E-state index in [2.05, 4.69) is 24.3 Å². The molecular formula is C15H18F3N3. The van der Waals surface area contributed by atoms with Crippen molar-refractivity contribution in [1.82, 2.24) is 15.1 Å². The number of hydrogen-bond donors (Lipinski definition) is 1. The lowest BCUT2D eigenvalue weighted by Gasteiger charge is -2.12. The van der Waals surface area contributed by atoms with Crippen molar-refractivity contribution < 1.29 is 13.2 Å². The molecule has 3 nitrogen and oxygen atoms in total. The summed E-state index contributed by atoms with van der Waals surface area (Å²) < 4.78 is 39.0. The van der Waals surface area contributed by atoms with Gasteiger partial charge in [0.2, 0.25) is 0 Å². The van der Waals surface area contributed by atoms with Gasteiger partial charge in [-0.1, -0.05) is 19.9 Å². The van der Waals surface area contributed by atoms with Gasteiger partial charge in [0, 0.05) is 18.8 Å². The monoisotopic (exact) mass is 297 g/mol. The molecule has 0 saturated carbocycles. The molecule has 0 unspecified atom stereocenters. The Morgan fingerprint density at radius 2 is 2.00 bits per heavy atom. The van der Waals surface area contributed by atoms with Crippen LogP contribution in [0.4, 0.5) is 13.2 Å². The van der Waals surface area contributed by atoms with Gasteiger partial charge >= 0.3 is 6.18 Å². The lowest BCUT2D eigenvalue weighted by atomic mass is 10.1. The van der Waals surface area contributed by atoms with Crippen molar-refractivity contribution in [3.05, 3.63) is 47.3 Å². The van der Waals surface area contributed by atoms with Crippen LogP contribution in [-0.2, 0) is 12.7 Å². The number of aryl methyl sites for hydroxylation is 1. The molecule has 0 radical (unpaired) electrons. The van der Waals surface area contributed by atoms with Gasteiger partial charge in [0.25, 0.3) is 0 Å². The topological polar surface area (TPSA) is 29.9 Å². The molecule has 114 valence electrons. The molecule has 1 aromatic carbocycles. The average molecular weight is 297 g/mol. The minimum atomic E-state index is -4.37. The van der Waals surface area contributed by atoms with Crippen LogP contribution in [0.5, 0.6) is 0 Å². The van der Waals surface area contributed by atoms with Crippen LogP contribution in [0.2, 0.25) is 0 Å². The van der Waals surface area contributed by atoms with Crippen LogP contribution in [0.15, 0.2) is 30.6 Å². The van der Waals surface area contributed by atoms with E-state index in [1.165, 1.54) is 4.68 Å². The van der Waals surface area contributed by atoms with E-state index >= 15 is 0 Å². The Kier molecular flexibility index (Phi) is 4.37. The highest BCUT2D eigenvalue weighted by molar-refractivity contribution is 5.40. The lowest BCUT2D eigenvalue weighted by molar-refractivity contribution is -0.137. The summed E-state index contributed by atoms with van der Waals surface area (Å²) in [4.78, 5) is 0. The van der Waals surface area contributed by atoms with E-state index in [9.17, 15) is 13.2 Å². The molecule has 1 N–H and O–H groups in total. The van der Waals surface area contributed by atoms with Crippen molar-refractivity contribution in [2.75, 3.05) is 0 Å². The summed E-state index contributed by atoms with van der Waals surface area (Å²) >= 11 is 0. The first-order valence-electron chi connectivity index (χ1n) is 6.72. The summed E-state index contributed by atoms with van der Waals surface area (Å²) in [5.41, 5.74) is 2.02. The Hall–Kier alpha value is -1.82. The van der Waals surface area contributed by atoms with E-state index in [1.54, 1.807) is 6.07 Å². The summed E-state index contributed by atoms with van der Waals surface area (Å²) in [5, 5.41) is 7.09. The second-order valence-corrected chi connectivity index (χ2v) is 5.32. The van der Waals surface area contributed by atoms with Crippen molar-refractivity contribution in [3.63, 3.8) is 0 Å². The van der Waals surface area contributed by atoms with Crippen LogP contribution >= 0.6 is 0 Å². The Morgan fingerprint density at radius 1 is 1.29 bits per heavy atom. The number of alkyl halides is 3. The maximum absolute atomic E-state index is 12.6. The summed E-state index contributed by atoms with van der Waals surface area (Å²) in [6, 6.07) is 5.90. The third kappa shape index (κ3) is 3.85. The largest absolute Gasteiger partial charge is 0.419 e. The molecule has 2 aromatic rings. The quantitative estimate of drug-likeness (QED) is 0.932. The number of aromatic nitrogens is 2. The smallest absolute Gasteiger partial charge is 0.310 e. The van der Waals surface area contributed by atoms with Gasteiger partial charge in [-0.05, 0) is 30.2 Å². The van der Waals surface area contributed by atoms with Gasteiger partial charge in [-0.2, -0.15) is 18.3 Å². The second-order valence-electron chi connectivity index (χ2n) is 5.32. The van der Waals surface area contributed by atoms with Gasteiger partial charge in [-0.25, -0.2) is 4.68 Å². The Balaban J connectivity index is 2.22. The molecule has 1 heterocycles. The maximum Gasteiger partial charge on any atom is 0.419 e. The van der Waals surface area contributed by atoms with Gasteiger partial charge in [-0.15, -0.1) is 0 Å². The van der Waals surface area contributed by atoms with Gasteiger partial charge in [-0.3, -0.25) is 0 Å². The molecule has 0 saturated heterocycles. The lowest BCUT2D eigenvalue weighted by Crippen LogP contribution is -2.22. The predicted molar refractivity (Wildman–Crippen MR) is 75.3 cm³/mol. The fraction of sp³-hybridized carbons (Fsp3) is 0.400. The number of hydrogen-bond acceptors (Lipinski definition) is 2. The first-order valence-corrected chi connectivity index (χ1v) is 6.72. The molecule has 0 aliphatic heterocycles. The Morgan fingerprint density at radius 3 is 2.52 bits per heavy atom. The first-order chi connectivity index (χ1) is 9.77. The van der Waals surface area contributed by atoms with Crippen LogP contribution in [0, 0.1) is 6.92 Å². The average Bonchev–Trinajstić information content (AvgIpc) is 2.86. The van der Waals surface area contributed by atoms with Crippen molar-refractivity contribution in [3.8, 4) is 5.69 Å². The van der Waals surface area contributed by atoms with Crippen LogP contribution in [0.3, 0.4) is 0 Å². The highest BCUT2D eigenvalue weighted by Crippen LogP contribution is 2.29. The van der Waals surface area contributed by atoms with Gasteiger partial charge in [0.05, 0.1) is 17.4 Å². The summed E-state index contributed by atoms with van der Waals surface area (Å²) in [5.74, 6) is 0. The van der Waals surface area contributed by atoms with E-state index in [1.807, 2.05) is 19.1 Å². The summed E-state index contributed by atoms with van der Waals surface area (Å²) in [7, 11) is 0. The number of nitrogens with one attached hydrogen (secondary N) is 1. The van der Waals surface area contributed by atoms with Crippen molar-refractivity contribution in [1.29, 1.82) is 0 Å². The molecule has 0 spiro atoms. The van der Waals surface area contributed by atoms with Crippen LogP contribution in [0.1, 0.15) is 30.5 Å². The first kappa shape index (κ1) is 15.6. The van der Waals surface area contributed by atoms with Crippen molar-refractivity contribution in [2.24, 2.45) is 0 Å². The third-order valence-electron chi connectivity index (χ3n) is 3.20. The zero-order chi connectivity index (χ0) is 15.6. The zero-order valence-corrected chi connectivity index (χ0v) is 12.2. The molecule has 0 fully saturated rings. The molecule has 0 aliphatic rings. The van der Waals surface area contributed by atoms with Crippen LogP contribution < -0.4 is 5.32 Å². The van der Waals surface area contributed by atoms with Crippen molar-refractivity contribution >= 4 is 0 Å². The fourth-order valence-corrected chi connectivity index (χ4v) is 1.95. The van der Waals surface area contributed by atoms with E-state index in [4.69, 9.17) is 0 Å². The van der Waals surface area contributed by atoms with Crippen molar-refractivity contribution in [2.45, 2.75) is 39.5 Å². The highest BCUT2D eigenvalue weighted by atomic mass is 19.4. The van der Waals surface area contributed by atoms with E-state index in [-0.39, 0.29) is 0 Å². The molecule has 21 heavy (non-hydrogen) atoms. The second kappa shape index (κ2) is 5.89. The summed E-state index contributed by atoms with van der Waals surface area (Å²) in [6.45, 7) is 6.80. The van der Waals surface area contributed by atoms with Crippen LogP contribution in [-0.4, -0.2) is 15.8 Å². The maximum atomic E-state index is 12.6. The molecule has 0 aliphatic carbocycles. The standard InChI is InChI=1S/C15H18F3N3/c1-10(2)19-7-12-4-5-14(6-11(12)3)21-9-13(8-20-21)15(16,17)18/h4-6,8-10,19H,7H2,1-3H3. The minimum Gasteiger partial charge on any atom is -0.310 e. The van der Waals surface area contributed by atoms with Gasteiger partial charge in [0.15, 0.2) is 0 Å². The van der Waals surface area contributed by atoms with E-state index < -0.39 is 11.7 Å². The normalized spacial score (nSPS) is 12.1. The van der Waals surface area contributed by atoms with Crippen LogP contribution in [0.25, 0.3) is 5.69 Å². The number of benzene rings is 1. The highest BCUT2D eigenvalue weighted by Gasteiger charge is 2.32. The van der Waals surface area contributed by atoms with E-state index in [0.717, 1.165) is 30.1 Å². The number of halogens is 3. The third-order valence-corrected chi connectivity index (χ3v) is 3.20. The minimum absolute atomic E-state index is 0.379. The Labute approximate surface area is 121 Å².